The smallest absolute Gasteiger partial charge is 0.256 e. The molecule has 0 unspecified atom stereocenters. The molecule has 1 N–H and O–H groups in total. The molecule has 0 spiro atoms. The van der Waals surface area contributed by atoms with Gasteiger partial charge < -0.3 is 5.32 Å². The lowest BCUT2D eigenvalue weighted by Crippen LogP contribution is -2.12. The molecule has 0 atom stereocenters. The molecule has 0 saturated carbocycles. The van der Waals surface area contributed by atoms with E-state index >= 15 is 0 Å². The summed E-state index contributed by atoms with van der Waals surface area (Å²) in [5, 5.41) is 6.85. The average molecular weight is 326 g/mol. The first-order valence-electron chi connectivity index (χ1n) is 5.78. The van der Waals surface area contributed by atoms with Crippen molar-refractivity contribution in [3.63, 3.8) is 0 Å². The SMILES string of the molecule is CC(C)n1cc(NC(=O)c2ccc(F)cc2Br)cn1. The van der Waals surface area contributed by atoms with Crippen LogP contribution < -0.4 is 5.32 Å². The Bertz CT molecular complexity index is 610. The number of carbonyl (C=O) groups excluding carboxylic acids is 1. The number of nitrogens with zero attached hydrogens (tertiary/aromatic N) is 2. The summed E-state index contributed by atoms with van der Waals surface area (Å²) in [6.07, 6.45) is 3.33. The highest BCUT2D eigenvalue weighted by atomic mass is 79.9. The van der Waals surface area contributed by atoms with Crippen molar-refractivity contribution in [1.82, 2.24) is 9.78 Å². The van der Waals surface area contributed by atoms with E-state index < -0.39 is 5.82 Å². The van der Waals surface area contributed by atoms with Gasteiger partial charge in [0.25, 0.3) is 5.91 Å². The number of halogens is 2. The Morgan fingerprint density at radius 3 is 2.79 bits per heavy atom. The number of nitrogens with one attached hydrogen (secondary N) is 1. The highest BCUT2D eigenvalue weighted by molar-refractivity contribution is 9.10. The summed E-state index contributed by atoms with van der Waals surface area (Å²) >= 11 is 3.17. The molecule has 100 valence electrons. The van der Waals surface area contributed by atoms with Crippen molar-refractivity contribution in [2.75, 3.05) is 5.32 Å². The predicted molar refractivity (Wildman–Crippen MR) is 74.7 cm³/mol. The summed E-state index contributed by atoms with van der Waals surface area (Å²) in [4.78, 5) is 12.0. The van der Waals surface area contributed by atoms with Crippen molar-refractivity contribution in [3.8, 4) is 0 Å². The van der Waals surface area contributed by atoms with Gasteiger partial charge in [0.15, 0.2) is 0 Å². The van der Waals surface area contributed by atoms with Crippen LogP contribution in [0, 0.1) is 5.82 Å². The summed E-state index contributed by atoms with van der Waals surface area (Å²) < 4.78 is 15.1. The van der Waals surface area contributed by atoms with E-state index in [2.05, 4.69) is 26.3 Å². The molecule has 1 aromatic carbocycles. The third kappa shape index (κ3) is 3.20. The second-order valence-corrected chi connectivity index (χ2v) is 5.24. The minimum Gasteiger partial charge on any atom is -0.319 e. The molecule has 0 radical (unpaired) electrons. The van der Waals surface area contributed by atoms with Crippen LogP contribution in [0.1, 0.15) is 30.2 Å². The number of amides is 1. The fourth-order valence-electron chi connectivity index (χ4n) is 1.56. The highest BCUT2D eigenvalue weighted by Crippen LogP contribution is 2.19. The fourth-order valence-corrected chi connectivity index (χ4v) is 2.09. The van der Waals surface area contributed by atoms with Crippen LogP contribution in [-0.2, 0) is 0 Å². The monoisotopic (exact) mass is 325 g/mol. The van der Waals surface area contributed by atoms with Crippen LogP contribution in [0.25, 0.3) is 0 Å². The average Bonchev–Trinajstić information content (AvgIpc) is 2.77. The quantitative estimate of drug-likeness (QED) is 0.936. The molecule has 1 aromatic heterocycles. The summed E-state index contributed by atoms with van der Waals surface area (Å²) in [5.41, 5.74) is 0.980. The number of hydrogen-bond acceptors (Lipinski definition) is 2. The largest absolute Gasteiger partial charge is 0.319 e. The van der Waals surface area contributed by atoms with Gasteiger partial charge in [-0.25, -0.2) is 4.39 Å². The van der Waals surface area contributed by atoms with Gasteiger partial charge in [0.1, 0.15) is 5.82 Å². The van der Waals surface area contributed by atoms with E-state index in [0.29, 0.717) is 15.7 Å². The number of rotatable bonds is 3. The molecule has 0 aliphatic rings. The Labute approximate surface area is 118 Å². The molecule has 0 aliphatic heterocycles. The first-order chi connectivity index (χ1) is 8.97. The Balaban J connectivity index is 2.16. The molecule has 1 heterocycles. The maximum atomic E-state index is 13.0. The zero-order chi connectivity index (χ0) is 14.0. The van der Waals surface area contributed by atoms with Crippen LogP contribution in [0.4, 0.5) is 10.1 Å². The lowest BCUT2D eigenvalue weighted by molar-refractivity contribution is 0.102. The highest BCUT2D eigenvalue weighted by Gasteiger charge is 2.12. The summed E-state index contributed by atoms with van der Waals surface area (Å²) in [6, 6.07) is 4.16. The first-order valence-corrected chi connectivity index (χ1v) is 6.57. The zero-order valence-corrected chi connectivity index (χ0v) is 12.1. The summed E-state index contributed by atoms with van der Waals surface area (Å²) in [7, 11) is 0. The van der Waals surface area contributed by atoms with Gasteiger partial charge in [0.05, 0.1) is 17.4 Å². The molecule has 6 heteroatoms. The van der Waals surface area contributed by atoms with E-state index in [1.165, 1.54) is 18.2 Å². The molecular formula is C13H13BrFN3O. The van der Waals surface area contributed by atoms with Gasteiger partial charge in [0.2, 0.25) is 0 Å². The second-order valence-electron chi connectivity index (χ2n) is 4.38. The molecule has 4 nitrogen and oxygen atoms in total. The topological polar surface area (TPSA) is 46.9 Å². The van der Waals surface area contributed by atoms with E-state index in [4.69, 9.17) is 0 Å². The van der Waals surface area contributed by atoms with Crippen molar-refractivity contribution >= 4 is 27.5 Å². The molecule has 0 saturated heterocycles. The molecule has 2 aromatic rings. The molecule has 0 aliphatic carbocycles. The van der Waals surface area contributed by atoms with Crippen LogP contribution in [0.5, 0.6) is 0 Å². The molecule has 0 fully saturated rings. The Morgan fingerprint density at radius 1 is 1.47 bits per heavy atom. The maximum Gasteiger partial charge on any atom is 0.256 e. The summed E-state index contributed by atoms with van der Waals surface area (Å²) in [6.45, 7) is 3.99. The van der Waals surface area contributed by atoms with Gasteiger partial charge in [-0.3, -0.25) is 9.48 Å². The van der Waals surface area contributed by atoms with Crippen molar-refractivity contribution < 1.29 is 9.18 Å². The minimum absolute atomic E-state index is 0.225. The summed E-state index contributed by atoms with van der Waals surface area (Å²) in [5.74, 6) is -0.703. The lowest BCUT2D eigenvalue weighted by atomic mass is 10.2. The van der Waals surface area contributed by atoms with Gasteiger partial charge in [-0.15, -0.1) is 0 Å². The Hall–Kier alpha value is -1.69. The standard InChI is InChI=1S/C13H13BrFN3O/c1-8(2)18-7-10(6-16-18)17-13(19)11-4-3-9(15)5-12(11)14/h3-8H,1-2H3,(H,17,19). The number of aromatic nitrogens is 2. The number of benzene rings is 1. The first kappa shape index (κ1) is 13.7. The van der Waals surface area contributed by atoms with Gasteiger partial charge in [-0.05, 0) is 48.0 Å². The van der Waals surface area contributed by atoms with Gasteiger partial charge in [0, 0.05) is 16.7 Å². The van der Waals surface area contributed by atoms with Crippen LogP contribution >= 0.6 is 15.9 Å². The van der Waals surface area contributed by atoms with Crippen molar-refractivity contribution in [1.29, 1.82) is 0 Å². The third-order valence-corrected chi connectivity index (χ3v) is 3.22. The van der Waals surface area contributed by atoms with Crippen LogP contribution in [-0.4, -0.2) is 15.7 Å². The maximum absolute atomic E-state index is 13.0. The Kier molecular flexibility index (Phi) is 3.99. The number of carbonyl (C=O) groups is 1. The minimum atomic E-state index is -0.393. The van der Waals surface area contributed by atoms with Gasteiger partial charge >= 0.3 is 0 Å². The van der Waals surface area contributed by atoms with Crippen molar-refractivity contribution in [2.24, 2.45) is 0 Å². The normalized spacial score (nSPS) is 10.8. The van der Waals surface area contributed by atoms with Crippen LogP contribution in [0.15, 0.2) is 35.1 Å². The molecule has 1 amide bonds. The van der Waals surface area contributed by atoms with Crippen LogP contribution in [0.2, 0.25) is 0 Å². The zero-order valence-electron chi connectivity index (χ0n) is 10.5. The number of hydrogen-bond donors (Lipinski definition) is 1. The molecular weight excluding hydrogens is 313 g/mol. The van der Waals surface area contributed by atoms with E-state index in [9.17, 15) is 9.18 Å². The van der Waals surface area contributed by atoms with Gasteiger partial charge in [-0.2, -0.15) is 5.10 Å². The Morgan fingerprint density at radius 2 is 2.21 bits per heavy atom. The molecule has 19 heavy (non-hydrogen) atoms. The van der Waals surface area contributed by atoms with E-state index in [-0.39, 0.29) is 11.9 Å². The molecule has 2 rings (SSSR count). The van der Waals surface area contributed by atoms with E-state index in [0.717, 1.165) is 0 Å². The fraction of sp³-hybridized carbons (Fsp3) is 0.231. The van der Waals surface area contributed by atoms with Crippen molar-refractivity contribution in [2.45, 2.75) is 19.9 Å². The van der Waals surface area contributed by atoms with E-state index in [1.54, 1.807) is 17.1 Å². The van der Waals surface area contributed by atoms with Crippen molar-refractivity contribution in [3.05, 3.63) is 46.4 Å². The van der Waals surface area contributed by atoms with Crippen LogP contribution in [0.3, 0.4) is 0 Å². The van der Waals surface area contributed by atoms with Gasteiger partial charge in [-0.1, -0.05) is 0 Å². The second kappa shape index (κ2) is 5.52. The van der Waals surface area contributed by atoms with E-state index in [1.807, 2.05) is 13.8 Å². The lowest BCUT2D eigenvalue weighted by Gasteiger charge is -2.05. The number of anilines is 1. The predicted octanol–water partition coefficient (Wildman–Crippen LogP) is 3.62. The third-order valence-electron chi connectivity index (χ3n) is 2.56. The molecule has 0 bridgehead atoms.